The number of benzene rings is 1. The van der Waals surface area contributed by atoms with Gasteiger partial charge in [-0.2, -0.15) is 0 Å². The number of rotatable bonds is 2. The van der Waals surface area contributed by atoms with Crippen LogP contribution < -0.4 is 0 Å². The first-order chi connectivity index (χ1) is 8.11. The molecule has 1 heterocycles. The lowest BCUT2D eigenvalue weighted by atomic mass is 10.3. The van der Waals surface area contributed by atoms with Crippen molar-refractivity contribution in [2.75, 3.05) is 7.11 Å². The Balaban J connectivity index is 2.40. The highest BCUT2D eigenvalue weighted by atomic mass is 35.5. The molecule has 7 heteroatoms. The Kier molecular flexibility index (Phi) is 3.06. The summed E-state index contributed by atoms with van der Waals surface area (Å²) in [7, 11) is 1.24. The van der Waals surface area contributed by atoms with Crippen LogP contribution in [-0.4, -0.2) is 28.1 Å². The van der Waals surface area contributed by atoms with Crippen LogP contribution in [0, 0.1) is 5.82 Å². The molecule has 2 aromatic rings. The molecule has 1 aromatic carbocycles. The third-order valence-corrected chi connectivity index (χ3v) is 2.35. The molecule has 0 saturated carbocycles. The van der Waals surface area contributed by atoms with E-state index in [-0.39, 0.29) is 10.7 Å². The zero-order valence-electron chi connectivity index (χ0n) is 8.72. The van der Waals surface area contributed by atoms with E-state index in [0.29, 0.717) is 5.69 Å². The van der Waals surface area contributed by atoms with Gasteiger partial charge in [-0.25, -0.2) is 13.9 Å². The van der Waals surface area contributed by atoms with Gasteiger partial charge in [-0.15, -0.1) is 5.10 Å². The van der Waals surface area contributed by atoms with Crippen LogP contribution in [0.25, 0.3) is 5.69 Å². The molecule has 0 aliphatic carbocycles. The van der Waals surface area contributed by atoms with Crippen LogP contribution in [0.15, 0.2) is 24.4 Å². The van der Waals surface area contributed by atoms with E-state index in [1.807, 2.05) is 0 Å². The van der Waals surface area contributed by atoms with Crippen molar-refractivity contribution in [2.24, 2.45) is 0 Å². The molecule has 88 valence electrons. The predicted octanol–water partition coefficient (Wildman–Crippen LogP) is 1.85. The normalized spacial score (nSPS) is 10.3. The van der Waals surface area contributed by atoms with E-state index in [2.05, 4.69) is 15.0 Å². The molecule has 0 unspecified atom stereocenters. The molecule has 0 N–H and O–H groups in total. The van der Waals surface area contributed by atoms with E-state index in [9.17, 15) is 9.18 Å². The van der Waals surface area contributed by atoms with E-state index in [1.165, 1.54) is 30.1 Å². The molecule has 0 fully saturated rings. The van der Waals surface area contributed by atoms with Gasteiger partial charge in [-0.1, -0.05) is 16.8 Å². The zero-order valence-corrected chi connectivity index (χ0v) is 9.48. The number of hydrogen-bond donors (Lipinski definition) is 0. The lowest BCUT2D eigenvalue weighted by Gasteiger charge is -2.02. The lowest BCUT2D eigenvalue weighted by molar-refractivity contribution is 0.0594. The quantitative estimate of drug-likeness (QED) is 0.769. The molecule has 0 bridgehead atoms. The third kappa shape index (κ3) is 2.26. The second-order valence-electron chi connectivity index (χ2n) is 3.14. The van der Waals surface area contributed by atoms with E-state index < -0.39 is 11.8 Å². The summed E-state index contributed by atoms with van der Waals surface area (Å²) in [5, 5.41) is 7.49. The zero-order chi connectivity index (χ0) is 12.4. The van der Waals surface area contributed by atoms with Crippen LogP contribution in [0.5, 0.6) is 0 Å². The monoisotopic (exact) mass is 255 g/mol. The summed E-state index contributed by atoms with van der Waals surface area (Å²) in [6, 6.07) is 3.82. The van der Waals surface area contributed by atoms with Crippen molar-refractivity contribution in [3.05, 3.63) is 40.9 Å². The molecular formula is C10H7ClFN3O2. The van der Waals surface area contributed by atoms with Crippen LogP contribution in [-0.2, 0) is 4.74 Å². The Labute approximate surface area is 101 Å². The first kappa shape index (κ1) is 11.5. The summed E-state index contributed by atoms with van der Waals surface area (Å²) in [6.07, 6.45) is 1.35. The summed E-state index contributed by atoms with van der Waals surface area (Å²) in [6.45, 7) is 0. The van der Waals surface area contributed by atoms with Crippen molar-refractivity contribution in [1.29, 1.82) is 0 Å². The Hall–Kier alpha value is -1.95. The molecule has 0 amide bonds. The summed E-state index contributed by atoms with van der Waals surface area (Å²) >= 11 is 5.84. The van der Waals surface area contributed by atoms with Gasteiger partial charge in [-0.3, -0.25) is 0 Å². The molecule has 0 spiro atoms. The maximum absolute atomic E-state index is 12.8. The maximum Gasteiger partial charge on any atom is 0.360 e. The number of halogens is 2. The summed E-state index contributed by atoms with van der Waals surface area (Å²) in [4.78, 5) is 11.2. The van der Waals surface area contributed by atoms with Crippen LogP contribution >= 0.6 is 11.6 Å². The Morgan fingerprint density at radius 1 is 1.53 bits per heavy atom. The molecule has 0 radical (unpaired) electrons. The van der Waals surface area contributed by atoms with Gasteiger partial charge >= 0.3 is 5.97 Å². The molecule has 0 atom stereocenters. The van der Waals surface area contributed by atoms with Crippen molar-refractivity contribution >= 4 is 17.6 Å². The molecule has 0 aliphatic rings. The van der Waals surface area contributed by atoms with Crippen molar-refractivity contribution in [3.63, 3.8) is 0 Å². The van der Waals surface area contributed by atoms with Gasteiger partial charge in [0.25, 0.3) is 0 Å². The number of hydrogen-bond acceptors (Lipinski definition) is 4. The SMILES string of the molecule is COC(=O)c1cn(-c2ccc(F)cc2Cl)nn1. The average Bonchev–Trinajstić information content (AvgIpc) is 2.77. The molecule has 1 aromatic heterocycles. The van der Waals surface area contributed by atoms with Gasteiger partial charge in [0.2, 0.25) is 0 Å². The molecule has 0 saturated heterocycles. The van der Waals surface area contributed by atoms with Crippen LogP contribution in [0.2, 0.25) is 5.02 Å². The fourth-order valence-corrected chi connectivity index (χ4v) is 1.50. The van der Waals surface area contributed by atoms with Crippen molar-refractivity contribution in [2.45, 2.75) is 0 Å². The largest absolute Gasteiger partial charge is 0.464 e. The van der Waals surface area contributed by atoms with Crippen LogP contribution in [0.3, 0.4) is 0 Å². The van der Waals surface area contributed by atoms with Gasteiger partial charge in [0.1, 0.15) is 5.82 Å². The average molecular weight is 256 g/mol. The summed E-state index contributed by atoms with van der Waals surface area (Å²) < 4.78 is 18.6. The molecule has 2 rings (SSSR count). The topological polar surface area (TPSA) is 57.0 Å². The van der Waals surface area contributed by atoms with E-state index >= 15 is 0 Å². The first-order valence-electron chi connectivity index (χ1n) is 4.58. The minimum absolute atomic E-state index is 0.0490. The Morgan fingerprint density at radius 3 is 2.94 bits per heavy atom. The van der Waals surface area contributed by atoms with E-state index in [0.717, 1.165) is 6.07 Å². The fourth-order valence-electron chi connectivity index (χ4n) is 1.25. The smallest absolute Gasteiger partial charge is 0.360 e. The van der Waals surface area contributed by atoms with Gasteiger partial charge in [-0.05, 0) is 18.2 Å². The van der Waals surface area contributed by atoms with E-state index in [4.69, 9.17) is 11.6 Å². The van der Waals surface area contributed by atoms with E-state index in [1.54, 1.807) is 0 Å². The number of ether oxygens (including phenoxy) is 1. The second kappa shape index (κ2) is 4.50. The number of methoxy groups -OCH3 is 1. The number of aromatic nitrogens is 3. The van der Waals surface area contributed by atoms with Gasteiger partial charge in [0.05, 0.1) is 24.0 Å². The van der Waals surface area contributed by atoms with Crippen molar-refractivity contribution in [1.82, 2.24) is 15.0 Å². The minimum atomic E-state index is -0.602. The molecule has 0 aliphatic heterocycles. The number of nitrogens with zero attached hydrogens (tertiary/aromatic N) is 3. The first-order valence-corrected chi connectivity index (χ1v) is 4.95. The van der Waals surface area contributed by atoms with Gasteiger partial charge < -0.3 is 4.74 Å². The van der Waals surface area contributed by atoms with Crippen molar-refractivity contribution < 1.29 is 13.9 Å². The number of carbonyl (C=O) groups excluding carboxylic acids is 1. The highest BCUT2D eigenvalue weighted by Crippen LogP contribution is 2.20. The fraction of sp³-hybridized carbons (Fsp3) is 0.100. The predicted molar refractivity (Wildman–Crippen MR) is 57.7 cm³/mol. The van der Waals surface area contributed by atoms with Crippen molar-refractivity contribution in [3.8, 4) is 5.69 Å². The number of carbonyl (C=O) groups is 1. The van der Waals surface area contributed by atoms with Gasteiger partial charge in [0, 0.05) is 0 Å². The summed E-state index contributed by atoms with van der Waals surface area (Å²) in [5.74, 6) is -1.05. The second-order valence-corrected chi connectivity index (χ2v) is 3.54. The van der Waals surface area contributed by atoms with Crippen LogP contribution in [0.1, 0.15) is 10.5 Å². The van der Waals surface area contributed by atoms with Crippen LogP contribution in [0.4, 0.5) is 4.39 Å². The maximum atomic E-state index is 12.8. The Bertz CT molecular complexity index is 570. The third-order valence-electron chi connectivity index (χ3n) is 2.04. The standard InChI is InChI=1S/C10H7ClFN3O2/c1-17-10(16)8-5-15(14-13-8)9-3-2-6(12)4-7(9)11/h2-5H,1H3. The highest BCUT2D eigenvalue weighted by molar-refractivity contribution is 6.32. The Morgan fingerprint density at radius 2 is 2.29 bits per heavy atom. The molecule has 5 nitrogen and oxygen atoms in total. The highest BCUT2D eigenvalue weighted by Gasteiger charge is 2.13. The van der Waals surface area contributed by atoms with Gasteiger partial charge in [0.15, 0.2) is 5.69 Å². The molecule has 17 heavy (non-hydrogen) atoms. The summed E-state index contributed by atoms with van der Waals surface area (Å²) in [5.41, 5.74) is 0.476. The lowest BCUT2D eigenvalue weighted by Crippen LogP contribution is -2.01. The number of esters is 1. The molecular weight excluding hydrogens is 249 g/mol. The minimum Gasteiger partial charge on any atom is -0.464 e.